The van der Waals surface area contributed by atoms with Crippen molar-refractivity contribution < 1.29 is 0 Å². The van der Waals surface area contributed by atoms with E-state index < -0.39 is 0 Å². The van der Waals surface area contributed by atoms with E-state index in [0.717, 1.165) is 20.7 Å². The molecule has 1 unspecified atom stereocenters. The van der Waals surface area contributed by atoms with Gasteiger partial charge in [0, 0.05) is 41.0 Å². The van der Waals surface area contributed by atoms with Crippen LogP contribution in [0.5, 0.6) is 0 Å². The van der Waals surface area contributed by atoms with Crippen LogP contribution in [0.25, 0.3) is 0 Å². The predicted octanol–water partition coefficient (Wildman–Crippen LogP) is 5.34. The van der Waals surface area contributed by atoms with E-state index in [4.69, 9.17) is 11.6 Å². The van der Waals surface area contributed by atoms with Gasteiger partial charge in [-0.1, -0.05) is 39.7 Å². The van der Waals surface area contributed by atoms with Crippen LogP contribution in [0.4, 0.5) is 11.4 Å². The fourth-order valence-electron chi connectivity index (χ4n) is 2.05. The monoisotopic (exact) mass is 352 g/mol. The Hall–Kier alpha value is -1.19. The van der Waals surface area contributed by atoms with Gasteiger partial charge in [-0.15, -0.1) is 0 Å². The summed E-state index contributed by atoms with van der Waals surface area (Å²) in [5.74, 6) is 0. The minimum Gasteiger partial charge on any atom is -0.378 e. The SMILES string of the molecule is CC(Nc1cccc(N(C)C)c1)c1ccc(Br)cc1Cl. The van der Waals surface area contributed by atoms with Gasteiger partial charge < -0.3 is 10.2 Å². The Bertz CT molecular complexity index is 599. The van der Waals surface area contributed by atoms with Gasteiger partial charge in [0.25, 0.3) is 0 Å². The third-order valence-electron chi connectivity index (χ3n) is 3.17. The first-order chi connectivity index (χ1) is 9.47. The molecule has 0 aliphatic rings. The maximum absolute atomic E-state index is 6.29. The average Bonchev–Trinajstić information content (AvgIpc) is 2.38. The van der Waals surface area contributed by atoms with Crippen molar-refractivity contribution in [2.24, 2.45) is 0 Å². The van der Waals surface area contributed by atoms with Crippen LogP contribution >= 0.6 is 27.5 Å². The molecule has 0 bridgehead atoms. The van der Waals surface area contributed by atoms with E-state index in [0.29, 0.717) is 0 Å². The highest BCUT2D eigenvalue weighted by atomic mass is 79.9. The van der Waals surface area contributed by atoms with Gasteiger partial charge >= 0.3 is 0 Å². The van der Waals surface area contributed by atoms with Crippen LogP contribution in [0.2, 0.25) is 5.02 Å². The molecule has 0 spiro atoms. The quantitative estimate of drug-likeness (QED) is 0.798. The molecular formula is C16H18BrClN2. The molecule has 0 radical (unpaired) electrons. The van der Waals surface area contributed by atoms with Crippen molar-refractivity contribution in [3.63, 3.8) is 0 Å². The highest BCUT2D eigenvalue weighted by Crippen LogP contribution is 2.29. The lowest BCUT2D eigenvalue weighted by Crippen LogP contribution is -2.10. The summed E-state index contributed by atoms with van der Waals surface area (Å²) in [5, 5.41) is 4.25. The molecule has 1 atom stereocenters. The maximum Gasteiger partial charge on any atom is 0.0500 e. The number of hydrogen-bond donors (Lipinski definition) is 1. The summed E-state index contributed by atoms with van der Waals surface area (Å²) in [4.78, 5) is 2.09. The van der Waals surface area contributed by atoms with Crippen molar-refractivity contribution in [2.75, 3.05) is 24.3 Å². The first-order valence-electron chi connectivity index (χ1n) is 6.46. The van der Waals surface area contributed by atoms with E-state index in [9.17, 15) is 0 Å². The number of nitrogens with one attached hydrogen (secondary N) is 1. The molecule has 2 aromatic rings. The zero-order valence-electron chi connectivity index (χ0n) is 11.8. The van der Waals surface area contributed by atoms with Crippen LogP contribution in [0.15, 0.2) is 46.9 Å². The fraction of sp³-hybridized carbons (Fsp3) is 0.250. The van der Waals surface area contributed by atoms with E-state index in [1.165, 1.54) is 5.69 Å². The zero-order valence-corrected chi connectivity index (χ0v) is 14.2. The van der Waals surface area contributed by atoms with Gasteiger partial charge in [-0.25, -0.2) is 0 Å². The summed E-state index contributed by atoms with van der Waals surface area (Å²) < 4.78 is 0.994. The Morgan fingerprint density at radius 1 is 1.15 bits per heavy atom. The Labute approximate surface area is 133 Å². The number of rotatable bonds is 4. The maximum atomic E-state index is 6.29. The summed E-state index contributed by atoms with van der Waals surface area (Å²) in [7, 11) is 4.07. The third kappa shape index (κ3) is 3.68. The van der Waals surface area contributed by atoms with E-state index in [1.807, 2.05) is 38.4 Å². The zero-order chi connectivity index (χ0) is 14.7. The molecule has 106 valence electrons. The third-order valence-corrected chi connectivity index (χ3v) is 4.00. The Balaban J connectivity index is 2.19. The van der Waals surface area contributed by atoms with Crippen LogP contribution in [-0.2, 0) is 0 Å². The summed E-state index contributed by atoms with van der Waals surface area (Å²) in [6.07, 6.45) is 0. The molecule has 20 heavy (non-hydrogen) atoms. The van der Waals surface area contributed by atoms with Gasteiger partial charge in [0.15, 0.2) is 0 Å². The van der Waals surface area contributed by atoms with Crippen molar-refractivity contribution in [2.45, 2.75) is 13.0 Å². The predicted molar refractivity (Wildman–Crippen MR) is 92.0 cm³/mol. The van der Waals surface area contributed by atoms with Gasteiger partial charge in [0.1, 0.15) is 0 Å². The number of nitrogens with zero attached hydrogens (tertiary/aromatic N) is 1. The molecule has 0 aliphatic heterocycles. The average molecular weight is 354 g/mol. The molecule has 0 amide bonds. The standard InChI is InChI=1S/C16H18BrClN2/c1-11(15-8-7-12(17)9-16(15)18)19-13-5-4-6-14(10-13)20(2)3/h4-11,19H,1-3H3. The molecule has 0 saturated carbocycles. The number of benzene rings is 2. The van der Waals surface area contributed by atoms with Crippen LogP contribution in [-0.4, -0.2) is 14.1 Å². The molecule has 4 heteroatoms. The van der Waals surface area contributed by atoms with Crippen molar-refractivity contribution >= 4 is 38.9 Å². The van der Waals surface area contributed by atoms with Gasteiger partial charge in [0.05, 0.1) is 0 Å². The van der Waals surface area contributed by atoms with Crippen molar-refractivity contribution in [1.29, 1.82) is 0 Å². The fourth-order valence-corrected chi connectivity index (χ4v) is 2.89. The van der Waals surface area contributed by atoms with Crippen LogP contribution in [0.3, 0.4) is 0 Å². The summed E-state index contributed by atoms with van der Waals surface area (Å²) in [6.45, 7) is 2.11. The van der Waals surface area contributed by atoms with Gasteiger partial charge in [0.2, 0.25) is 0 Å². The minimum absolute atomic E-state index is 0.146. The number of anilines is 2. The lowest BCUT2D eigenvalue weighted by atomic mass is 10.1. The molecule has 1 N–H and O–H groups in total. The molecule has 2 nitrogen and oxygen atoms in total. The second-order valence-corrected chi connectivity index (χ2v) is 6.30. The lowest BCUT2D eigenvalue weighted by Gasteiger charge is -2.19. The molecule has 0 heterocycles. The molecule has 0 fully saturated rings. The Morgan fingerprint density at radius 3 is 2.55 bits per heavy atom. The first kappa shape index (κ1) is 15.2. The second-order valence-electron chi connectivity index (χ2n) is 4.98. The molecule has 2 rings (SSSR count). The van der Waals surface area contributed by atoms with Crippen LogP contribution in [0.1, 0.15) is 18.5 Å². The highest BCUT2D eigenvalue weighted by Gasteiger charge is 2.10. The Kier molecular flexibility index (Phi) is 4.95. The van der Waals surface area contributed by atoms with Gasteiger partial charge in [-0.3, -0.25) is 0 Å². The van der Waals surface area contributed by atoms with E-state index in [1.54, 1.807) is 0 Å². The van der Waals surface area contributed by atoms with E-state index in [2.05, 4.69) is 51.3 Å². The van der Waals surface area contributed by atoms with E-state index in [-0.39, 0.29) is 6.04 Å². The first-order valence-corrected chi connectivity index (χ1v) is 7.63. The second kappa shape index (κ2) is 6.51. The number of halogens is 2. The Morgan fingerprint density at radius 2 is 1.90 bits per heavy atom. The summed E-state index contributed by atoms with van der Waals surface area (Å²) >= 11 is 9.72. The molecule has 0 aliphatic carbocycles. The van der Waals surface area contributed by atoms with E-state index >= 15 is 0 Å². The highest BCUT2D eigenvalue weighted by molar-refractivity contribution is 9.10. The molecule has 0 aromatic heterocycles. The number of hydrogen-bond acceptors (Lipinski definition) is 2. The van der Waals surface area contributed by atoms with Gasteiger partial charge in [-0.05, 0) is 42.8 Å². The topological polar surface area (TPSA) is 15.3 Å². The van der Waals surface area contributed by atoms with Crippen molar-refractivity contribution in [3.8, 4) is 0 Å². The summed E-state index contributed by atoms with van der Waals surface area (Å²) in [5.41, 5.74) is 3.34. The van der Waals surface area contributed by atoms with Crippen LogP contribution < -0.4 is 10.2 Å². The normalized spacial score (nSPS) is 12.1. The molecular weight excluding hydrogens is 336 g/mol. The lowest BCUT2D eigenvalue weighted by molar-refractivity contribution is 0.884. The van der Waals surface area contributed by atoms with Crippen molar-refractivity contribution in [1.82, 2.24) is 0 Å². The minimum atomic E-state index is 0.146. The largest absolute Gasteiger partial charge is 0.378 e. The molecule has 2 aromatic carbocycles. The molecule has 0 saturated heterocycles. The van der Waals surface area contributed by atoms with Crippen LogP contribution in [0, 0.1) is 0 Å². The smallest absolute Gasteiger partial charge is 0.0500 e. The summed E-state index contributed by atoms with van der Waals surface area (Å²) in [6, 6.07) is 14.4. The van der Waals surface area contributed by atoms with Crippen molar-refractivity contribution in [3.05, 3.63) is 57.5 Å². The van der Waals surface area contributed by atoms with Gasteiger partial charge in [-0.2, -0.15) is 0 Å².